The summed E-state index contributed by atoms with van der Waals surface area (Å²) in [4.78, 5) is 23.0. The van der Waals surface area contributed by atoms with Crippen LogP contribution in [0.4, 0.5) is 0 Å². The van der Waals surface area contributed by atoms with Gasteiger partial charge in [0, 0.05) is 6.54 Å². The molecule has 1 fully saturated rings. The number of nitrogens with two attached hydrogens (primary N) is 1. The van der Waals surface area contributed by atoms with Crippen molar-refractivity contribution >= 4 is 24.2 Å². The lowest BCUT2D eigenvalue weighted by Crippen LogP contribution is -2.46. The summed E-state index contributed by atoms with van der Waals surface area (Å²) in [5, 5.41) is 5.32. The van der Waals surface area contributed by atoms with Crippen molar-refractivity contribution < 1.29 is 9.59 Å². The van der Waals surface area contributed by atoms with Crippen LogP contribution in [0.2, 0.25) is 0 Å². The average molecular weight is 298 g/mol. The van der Waals surface area contributed by atoms with Crippen molar-refractivity contribution in [1.82, 2.24) is 10.6 Å². The summed E-state index contributed by atoms with van der Waals surface area (Å²) >= 11 is 0. The summed E-state index contributed by atoms with van der Waals surface area (Å²) in [5.74, 6) is -0.417. The van der Waals surface area contributed by atoms with Gasteiger partial charge in [0.05, 0.1) is 12.1 Å². The minimum absolute atomic E-state index is 0. The molecule has 1 saturated carbocycles. The molecule has 1 aliphatic rings. The summed E-state index contributed by atoms with van der Waals surface area (Å²) < 4.78 is 0. The minimum atomic E-state index is -0.718. The Balaban J connectivity index is 0.00000200. The van der Waals surface area contributed by atoms with E-state index in [0.717, 1.165) is 6.42 Å². The van der Waals surface area contributed by atoms with Crippen molar-refractivity contribution in [2.75, 3.05) is 13.1 Å². The zero-order chi connectivity index (χ0) is 13.7. The maximum atomic E-state index is 11.5. The molecule has 4 N–H and O–H groups in total. The molecule has 20 heavy (non-hydrogen) atoms. The molecule has 0 unspecified atom stereocenters. The van der Waals surface area contributed by atoms with Crippen molar-refractivity contribution in [2.45, 2.75) is 24.8 Å². The Hall–Kier alpha value is -1.59. The molecule has 2 rings (SSSR count). The van der Waals surface area contributed by atoms with Crippen LogP contribution >= 0.6 is 12.4 Å². The first-order valence-corrected chi connectivity index (χ1v) is 6.48. The van der Waals surface area contributed by atoms with Crippen molar-refractivity contribution in [3.8, 4) is 0 Å². The number of carbonyl (C=O) groups is 2. The molecule has 0 spiro atoms. The van der Waals surface area contributed by atoms with E-state index in [4.69, 9.17) is 5.73 Å². The van der Waals surface area contributed by atoms with Gasteiger partial charge in [0.15, 0.2) is 0 Å². The van der Waals surface area contributed by atoms with E-state index in [1.54, 1.807) is 0 Å². The zero-order valence-electron chi connectivity index (χ0n) is 11.2. The van der Waals surface area contributed by atoms with Crippen LogP contribution in [0.25, 0.3) is 0 Å². The molecule has 0 atom stereocenters. The molecular weight excluding hydrogens is 278 g/mol. The van der Waals surface area contributed by atoms with E-state index in [0.29, 0.717) is 19.4 Å². The van der Waals surface area contributed by atoms with Gasteiger partial charge < -0.3 is 16.4 Å². The predicted molar refractivity (Wildman–Crippen MR) is 79.6 cm³/mol. The Morgan fingerprint density at radius 3 is 2.40 bits per heavy atom. The van der Waals surface area contributed by atoms with E-state index in [1.807, 2.05) is 30.3 Å². The van der Waals surface area contributed by atoms with Gasteiger partial charge in [-0.2, -0.15) is 0 Å². The molecular formula is C14H20ClN3O2. The van der Waals surface area contributed by atoms with Crippen LogP contribution in [0.3, 0.4) is 0 Å². The number of hydrogen-bond donors (Lipinski definition) is 3. The molecule has 0 aromatic heterocycles. The third-order valence-corrected chi connectivity index (χ3v) is 3.23. The SMILES string of the molecule is Cl.NC1(C(=O)NCC(=O)NCCc2ccccc2)CC1. The van der Waals surface area contributed by atoms with Crippen LogP contribution in [0.15, 0.2) is 30.3 Å². The van der Waals surface area contributed by atoms with Crippen LogP contribution in [-0.4, -0.2) is 30.4 Å². The Labute approximate surface area is 124 Å². The topological polar surface area (TPSA) is 84.2 Å². The standard InChI is InChI=1S/C14H19N3O2.ClH/c15-14(7-8-14)13(19)17-10-12(18)16-9-6-11-4-2-1-3-5-11;/h1-5H,6-10,15H2,(H,16,18)(H,17,19);1H. The summed E-state index contributed by atoms with van der Waals surface area (Å²) in [5.41, 5.74) is 6.16. The highest BCUT2D eigenvalue weighted by atomic mass is 35.5. The fourth-order valence-electron chi connectivity index (χ4n) is 1.75. The second kappa shape index (κ2) is 7.26. The van der Waals surface area contributed by atoms with Gasteiger partial charge in [0.1, 0.15) is 0 Å². The van der Waals surface area contributed by atoms with Crippen LogP contribution in [0, 0.1) is 0 Å². The Morgan fingerprint density at radius 1 is 1.15 bits per heavy atom. The molecule has 1 aliphatic carbocycles. The maximum absolute atomic E-state index is 11.5. The van der Waals surface area contributed by atoms with E-state index in [9.17, 15) is 9.59 Å². The van der Waals surface area contributed by atoms with E-state index in [-0.39, 0.29) is 30.8 Å². The van der Waals surface area contributed by atoms with Gasteiger partial charge in [-0.15, -0.1) is 12.4 Å². The molecule has 2 amide bonds. The Morgan fingerprint density at radius 2 is 1.80 bits per heavy atom. The molecule has 0 bridgehead atoms. The second-order valence-corrected chi connectivity index (χ2v) is 4.92. The summed E-state index contributed by atoms with van der Waals surface area (Å²) in [6, 6.07) is 9.91. The lowest BCUT2D eigenvalue weighted by atomic mass is 10.1. The first-order valence-electron chi connectivity index (χ1n) is 6.48. The highest BCUT2D eigenvalue weighted by molar-refractivity contribution is 5.92. The quantitative estimate of drug-likeness (QED) is 0.709. The lowest BCUT2D eigenvalue weighted by molar-refractivity contribution is -0.127. The number of amides is 2. The Kier molecular flexibility index (Phi) is 5.98. The number of benzene rings is 1. The maximum Gasteiger partial charge on any atom is 0.240 e. The van der Waals surface area contributed by atoms with Crippen LogP contribution in [-0.2, 0) is 16.0 Å². The molecule has 0 heterocycles. The number of carbonyl (C=O) groups excluding carboxylic acids is 2. The smallest absolute Gasteiger partial charge is 0.240 e. The second-order valence-electron chi connectivity index (χ2n) is 4.92. The van der Waals surface area contributed by atoms with Crippen LogP contribution < -0.4 is 16.4 Å². The van der Waals surface area contributed by atoms with Crippen LogP contribution in [0.5, 0.6) is 0 Å². The molecule has 5 nitrogen and oxygen atoms in total. The van der Waals surface area contributed by atoms with Crippen molar-refractivity contribution in [3.05, 3.63) is 35.9 Å². The molecule has 1 aromatic rings. The summed E-state index contributed by atoms with van der Waals surface area (Å²) in [6.07, 6.45) is 2.18. The minimum Gasteiger partial charge on any atom is -0.354 e. The average Bonchev–Trinajstić information content (AvgIpc) is 3.16. The Bertz CT molecular complexity index is 461. The van der Waals surface area contributed by atoms with Gasteiger partial charge in [-0.3, -0.25) is 9.59 Å². The highest BCUT2D eigenvalue weighted by Gasteiger charge is 2.45. The summed E-state index contributed by atoms with van der Waals surface area (Å²) in [6.45, 7) is 0.555. The van der Waals surface area contributed by atoms with Crippen molar-refractivity contribution in [3.63, 3.8) is 0 Å². The number of hydrogen-bond acceptors (Lipinski definition) is 3. The van der Waals surface area contributed by atoms with E-state index in [1.165, 1.54) is 5.56 Å². The van der Waals surface area contributed by atoms with Crippen molar-refractivity contribution in [1.29, 1.82) is 0 Å². The van der Waals surface area contributed by atoms with E-state index < -0.39 is 5.54 Å². The molecule has 110 valence electrons. The molecule has 0 radical (unpaired) electrons. The van der Waals surface area contributed by atoms with Gasteiger partial charge in [-0.25, -0.2) is 0 Å². The van der Waals surface area contributed by atoms with Gasteiger partial charge in [-0.1, -0.05) is 30.3 Å². The summed E-state index contributed by atoms with van der Waals surface area (Å²) in [7, 11) is 0. The highest BCUT2D eigenvalue weighted by Crippen LogP contribution is 2.31. The number of halogens is 1. The number of nitrogens with one attached hydrogen (secondary N) is 2. The van der Waals surface area contributed by atoms with E-state index >= 15 is 0 Å². The lowest BCUT2D eigenvalue weighted by Gasteiger charge is -2.10. The normalized spacial score (nSPS) is 14.8. The molecule has 6 heteroatoms. The third kappa shape index (κ3) is 4.83. The van der Waals surface area contributed by atoms with Crippen molar-refractivity contribution in [2.24, 2.45) is 5.73 Å². The first-order chi connectivity index (χ1) is 9.10. The van der Waals surface area contributed by atoms with E-state index in [2.05, 4.69) is 10.6 Å². The third-order valence-electron chi connectivity index (χ3n) is 3.23. The molecule has 1 aromatic carbocycles. The van der Waals surface area contributed by atoms with Gasteiger partial charge >= 0.3 is 0 Å². The fraction of sp³-hybridized carbons (Fsp3) is 0.429. The van der Waals surface area contributed by atoms with Crippen LogP contribution in [0.1, 0.15) is 18.4 Å². The zero-order valence-corrected chi connectivity index (χ0v) is 12.0. The van der Waals surface area contributed by atoms with Gasteiger partial charge in [0.2, 0.25) is 11.8 Å². The fourth-order valence-corrected chi connectivity index (χ4v) is 1.75. The molecule has 0 saturated heterocycles. The largest absolute Gasteiger partial charge is 0.354 e. The molecule has 0 aliphatic heterocycles. The van der Waals surface area contributed by atoms with Gasteiger partial charge in [-0.05, 0) is 24.8 Å². The predicted octanol–water partition coefficient (Wildman–Crippen LogP) is 0.375. The monoisotopic (exact) mass is 297 g/mol. The first kappa shape index (κ1) is 16.5. The van der Waals surface area contributed by atoms with Gasteiger partial charge in [0.25, 0.3) is 0 Å². The number of rotatable bonds is 6.